The molecule has 0 spiro atoms. The largest absolute Gasteiger partial charge is 0.371 e. The molecule has 0 atom stereocenters. The molecule has 0 saturated heterocycles. The number of nitrogens with two attached hydrogens (primary N) is 1. The first-order chi connectivity index (χ1) is 7.58. The number of benzene rings is 1. The van der Waals surface area contributed by atoms with Crippen molar-refractivity contribution in [3.05, 3.63) is 24.0 Å². The third-order valence-corrected chi connectivity index (χ3v) is 2.74. The van der Waals surface area contributed by atoms with Gasteiger partial charge < -0.3 is 15.5 Å². The SMILES string of the molecule is CN1CCN(CC(N)=O)c2ccc(F)cc21. The van der Waals surface area contributed by atoms with E-state index < -0.39 is 0 Å². The Morgan fingerprint density at radius 2 is 2.19 bits per heavy atom. The maximum absolute atomic E-state index is 13.1. The minimum atomic E-state index is -0.375. The van der Waals surface area contributed by atoms with Gasteiger partial charge >= 0.3 is 0 Å². The second-order valence-electron chi connectivity index (χ2n) is 3.94. The Labute approximate surface area is 93.4 Å². The van der Waals surface area contributed by atoms with Crippen LogP contribution in [0.2, 0.25) is 0 Å². The molecular formula is C11H14FN3O. The smallest absolute Gasteiger partial charge is 0.236 e. The maximum atomic E-state index is 13.1. The molecule has 1 heterocycles. The minimum Gasteiger partial charge on any atom is -0.371 e. The van der Waals surface area contributed by atoms with Crippen molar-refractivity contribution in [2.75, 3.05) is 36.5 Å². The highest BCUT2D eigenvalue weighted by Gasteiger charge is 2.21. The normalized spacial score (nSPS) is 14.9. The number of primary amides is 1. The molecule has 0 fully saturated rings. The second kappa shape index (κ2) is 4.00. The van der Waals surface area contributed by atoms with E-state index in [1.54, 1.807) is 6.07 Å². The zero-order valence-corrected chi connectivity index (χ0v) is 9.11. The summed E-state index contributed by atoms with van der Waals surface area (Å²) >= 11 is 0. The van der Waals surface area contributed by atoms with E-state index in [2.05, 4.69) is 0 Å². The van der Waals surface area contributed by atoms with Gasteiger partial charge in [0.05, 0.1) is 17.9 Å². The summed E-state index contributed by atoms with van der Waals surface area (Å²) in [7, 11) is 1.90. The molecule has 16 heavy (non-hydrogen) atoms. The lowest BCUT2D eigenvalue weighted by molar-refractivity contribution is -0.116. The summed E-state index contributed by atoms with van der Waals surface area (Å²) in [5.41, 5.74) is 6.83. The Morgan fingerprint density at radius 3 is 2.88 bits per heavy atom. The number of hydrogen-bond acceptors (Lipinski definition) is 3. The molecule has 0 bridgehead atoms. The van der Waals surface area contributed by atoms with Gasteiger partial charge in [0, 0.05) is 20.1 Å². The third kappa shape index (κ3) is 1.93. The van der Waals surface area contributed by atoms with Crippen LogP contribution in [-0.2, 0) is 4.79 Å². The first-order valence-electron chi connectivity index (χ1n) is 5.12. The van der Waals surface area contributed by atoms with E-state index in [9.17, 15) is 9.18 Å². The summed E-state index contributed by atoms with van der Waals surface area (Å²) in [6.07, 6.45) is 0. The van der Waals surface area contributed by atoms with E-state index in [-0.39, 0.29) is 18.3 Å². The first-order valence-corrected chi connectivity index (χ1v) is 5.12. The van der Waals surface area contributed by atoms with E-state index in [0.717, 1.165) is 24.5 Å². The van der Waals surface area contributed by atoms with Crippen molar-refractivity contribution in [2.45, 2.75) is 0 Å². The van der Waals surface area contributed by atoms with Crippen molar-refractivity contribution in [1.29, 1.82) is 0 Å². The topological polar surface area (TPSA) is 49.6 Å². The van der Waals surface area contributed by atoms with Crippen LogP contribution in [-0.4, -0.2) is 32.6 Å². The van der Waals surface area contributed by atoms with Crippen LogP contribution < -0.4 is 15.5 Å². The van der Waals surface area contributed by atoms with Gasteiger partial charge in [0.15, 0.2) is 0 Å². The number of halogens is 1. The summed E-state index contributed by atoms with van der Waals surface area (Å²) in [4.78, 5) is 14.8. The highest BCUT2D eigenvalue weighted by molar-refractivity contribution is 5.83. The molecule has 1 amide bonds. The van der Waals surface area contributed by atoms with Crippen molar-refractivity contribution in [3.8, 4) is 0 Å². The number of anilines is 2. The van der Waals surface area contributed by atoms with Crippen LogP contribution in [0.15, 0.2) is 18.2 Å². The highest BCUT2D eigenvalue weighted by Crippen LogP contribution is 2.32. The van der Waals surface area contributed by atoms with Crippen molar-refractivity contribution in [1.82, 2.24) is 0 Å². The number of likely N-dealkylation sites (N-methyl/N-ethyl adjacent to an activating group) is 1. The Kier molecular flexibility index (Phi) is 2.68. The quantitative estimate of drug-likeness (QED) is 0.797. The molecule has 1 aliphatic heterocycles. The predicted octanol–water partition coefficient (Wildman–Crippen LogP) is 0.567. The lowest BCUT2D eigenvalue weighted by Gasteiger charge is -2.36. The lowest BCUT2D eigenvalue weighted by atomic mass is 10.1. The van der Waals surface area contributed by atoms with Gasteiger partial charge in [0.25, 0.3) is 0 Å². The lowest BCUT2D eigenvalue weighted by Crippen LogP contribution is -2.43. The second-order valence-corrected chi connectivity index (χ2v) is 3.94. The minimum absolute atomic E-state index is 0.173. The highest BCUT2D eigenvalue weighted by atomic mass is 19.1. The van der Waals surface area contributed by atoms with Crippen LogP contribution in [0.4, 0.5) is 15.8 Å². The van der Waals surface area contributed by atoms with Gasteiger partial charge in [-0.05, 0) is 18.2 Å². The molecule has 0 aromatic heterocycles. The molecule has 0 aliphatic carbocycles. The molecule has 2 rings (SSSR count). The zero-order valence-electron chi connectivity index (χ0n) is 9.11. The average Bonchev–Trinajstić information content (AvgIpc) is 2.22. The number of amides is 1. The summed E-state index contributed by atoms with van der Waals surface area (Å²) in [5.74, 6) is -0.647. The fourth-order valence-electron chi connectivity index (χ4n) is 1.93. The maximum Gasteiger partial charge on any atom is 0.236 e. The van der Waals surface area contributed by atoms with Crippen LogP contribution in [0.25, 0.3) is 0 Å². The van der Waals surface area contributed by atoms with Gasteiger partial charge in [-0.25, -0.2) is 4.39 Å². The predicted molar refractivity (Wildman–Crippen MR) is 61.1 cm³/mol. The molecule has 1 aromatic rings. The molecule has 1 aliphatic rings. The molecule has 86 valence electrons. The van der Waals surface area contributed by atoms with Crippen LogP contribution >= 0.6 is 0 Å². The van der Waals surface area contributed by atoms with Crippen LogP contribution in [0.1, 0.15) is 0 Å². The molecule has 0 radical (unpaired) electrons. The number of carbonyl (C=O) groups is 1. The van der Waals surface area contributed by atoms with E-state index in [0.29, 0.717) is 0 Å². The van der Waals surface area contributed by atoms with E-state index in [1.807, 2.05) is 16.8 Å². The molecule has 0 unspecified atom stereocenters. The number of rotatable bonds is 2. The van der Waals surface area contributed by atoms with Gasteiger partial charge in [-0.1, -0.05) is 0 Å². The first kappa shape index (κ1) is 10.7. The molecule has 0 saturated carbocycles. The standard InChI is InChI=1S/C11H14FN3O/c1-14-4-5-15(7-11(13)16)9-3-2-8(12)6-10(9)14/h2-3,6H,4-5,7H2,1H3,(H2,13,16). The molecule has 2 N–H and O–H groups in total. The average molecular weight is 223 g/mol. The van der Waals surface area contributed by atoms with Crippen molar-refractivity contribution >= 4 is 17.3 Å². The van der Waals surface area contributed by atoms with Crippen LogP contribution in [0.5, 0.6) is 0 Å². The molecule has 4 nitrogen and oxygen atoms in total. The fourth-order valence-corrected chi connectivity index (χ4v) is 1.93. The summed E-state index contributed by atoms with van der Waals surface area (Å²) < 4.78 is 13.1. The van der Waals surface area contributed by atoms with Crippen LogP contribution in [0, 0.1) is 5.82 Å². The third-order valence-electron chi connectivity index (χ3n) is 2.74. The van der Waals surface area contributed by atoms with Gasteiger partial charge in [-0.15, -0.1) is 0 Å². The van der Waals surface area contributed by atoms with Gasteiger partial charge in [-0.2, -0.15) is 0 Å². The van der Waals surface area contributed by atoms with Crippen LogP contribution in [0.3, 0.4) is 0 Å². The van der Waals surface area contributed by atoms with E-state index >= 15 is 0 Å². The zero-order chi connectivity index (χ0) is 11.7. The van der Waals surface area contributed by atoms with E-state index in [4.69, 9.17) is 5.73 Å². The van der Waals surface area contributed by atoms with Gasteiger partial charge in [0.1, 0.15) is 5.82 Å². The number of fused-ring (bicyclic) bond motifs is 1. The van der Waals surface area contributed by atoms with Gasteiger partial charge in [-0.3, -0.25) is 4.79 Å². The number of carbonyl (C=O) groups excluding carboxylic acids is 1. The summed E-state index contributed by atoms with van der Waals surface area (Å²) in [6, 6.07) is 4.55. The molecular weight excluding hydrogens is 209 g/mol. The Hall–Kier alpha value is -1.78. The monoisotopic (exact) mass is 223 g/mol. The summed E-state index contributed by atoms with van der Waals surface area (Å²) in [6.45, 7) is 1.65. The van der Waals surface area contributed by atoms with Crippen molar-refractivity contribution in [3.63, 3.8) is 0 Å². The summed E-state index contributed by atoms with van der Waals surface area (Å²) in [5, 5.41) is 0. The van der Waals surface area contributed by atoms with E-state index in [1.165, 1.54) is 12.1 Å². The van der Waals surface area contributed by atoms with Crippen molar-refractivity contribution in [2.24, 2.45) is 5.73 Å². The van der Waals surface area contributed by atoms with Crippen molar-refractivity contribution < 1.29 is 9.18 Å². The molecule has 1 aromatic carbocycles. The Morgan fingerprint density at radius 1 is 1.44 bits per heavy atom. The number of nitrogens with zero attached hydrogens (tertiary/aromatic N) is 2. The Bertz CT molecular complexity index is 422. The van der Waals surface area contributed by atoms with Gasteiger partial charge in [0.2, 0.25) is 5.91 Å². The Balaban J connectivity index is 2.36. The molecule has 5 heteroatoms. The fraction of sp³-hybridized carbons (Fsp3) is 0.364. The number of hydrogen-bond donors (Lipinski definition) is 1.